The molecule has 1 atom stereocenters. The lowest BCUT2D eigenvalue weighted by atomic mass is 9.97. The molecule has 0 spiro atoms. The largest absolute Gasteiger partial charge is 0.454 e. The van der Waals surface area contributed by atoms with Gasteiger partial charge in [-0.25, -0.2) is 9.78 Å². The number of aliphatic hydroxyl groups excluding tert-OH is 1. The van der Waals surface area contributed by atoms with Gasteiger partial charge in [0.05, 0.1) is 23.9 Å². The van der Waals surface area contributed by atoms with Crippen LogP contribution in [-0.2, 0) is 13.6 Å². The SMILES string of the molecule is CCCCn1c(=O)c2c(C(O)CC(C)C)c(Oc3cncc(C)c3)cnc2n(C)c1=O. The first-order chi connectivity index (χ1) is 14.7. The number of hydrogen-bond donors (Lipinski definition) is 1. The Morgan fingerprint density at radius 2 is 1.94 bits per heavy atom. The van der Waals surface area contributed by atoms with Gasteiger partial charge in [-0.15, -0.1) is 0 Å². The summed E-state index contributed by atoms with van der Waals surface area (Å²) in [6, 6.07) is 1.82. The molecule has 0 amide bonds. The zero-order valence-corrected chi connectivity index (χ0v) is 18.8. The Bertz CT molecular complexity index is 1200. The van der Waals surface area contributed by atoms with Gasteiger partial charge in [-0.05, 0) is 37.3 Å². The highest BCUT2D eigenvalue weighted by Gasteiger charge is 2.25. The molecule has 31 heavy (non-hydrogen) atoms. The molecule has 0 aromatic carbocycles. The van der Waals surface area contributed by atoms with E-state index in [1.165, 1.54) is 15.3 Å². The average molecular weight is 427 g/mol. The molecule has 1 unspecified atom stereocenters. The zero-order chi connectivity index (χ0) is 22.7. The van der Waals surface area contributed by atoms with Crippen LogP contribution in [0.25, 0.3) is 11.0 Å². The molecule has 3 aromatic heterocycles. The third kappa shape index (κ3) is 4.69. The van der Waals surface area contributed by atoms with E-state index in [9.17, 15) is 14.7 Å². The molecule has 0 saturated carbocycles. The molecule has 0 saturated heterocycles. The van der Waals surface area contributed by atoms with Gasteiger partial charge in [0.25, 0.3) is 5.56 Å². The van der Waals surface area contributed by atoms with E-state index in [-0.39, 0.29) is 22.7 Å². The minimum absolute atomic E-state index is 0.182. The van der Waals surface area contributed by atoms with Crippen molar-refractivity contribution in [3.05, 3.63) is 56.6 Å². The molecule has 0 radical (unpaired) electrons. The van der Waals surface area contributed by atoms with Crippen LogP contribution in [0.4, 0.5) is 0 Å². The van der Waals surface area contributed by atoms with Gasteiger partial charge in [0.15, 0.2) is 5.75 Å². The van der Waals surface area contributed by atoms with Gasteiger partial charge in [-0.1, -0.05) is 27.2 Å². The first-order valence-corrected chi connectivity index (χ1v) is 10.6. The van der Waals surface area contributed by atoms with Crippen molar-refractivity contribution < 1.29 is 9.84 Å². The van der Waals surface area contributed by atoms with Crippen molar-refractivity contribution in [2.24, 2.45) is 13.0 Å². The number of aryl methyl sites for hydroxylation is 2. The summed E-state index contributed by atoms with van der Waals surface area (Å²) in [6.45, 7) is 8.19. The Labute approximate surface area is 181 Å². The van der Waals surface area contributed by atoms with Crippen LogP contribution in [0.2, 0.25) is 0 Å². The molecule has 0 bridgehead atoms. The van der Waals surface area contributed by atoms with Crippen LogP contribution in [0.1, 0.15) is 57.3 Å². The Balaban J connectivity index is 2.31. The second-order valence-corrected chi connectivity index (χ2v) is 8.33. The molecule has 8 heteroatoms. The Morgan fingerprint density at radius 1 is 1.19 bits per heavy atom. The third-order valence-corrected chi connectivity index (χ3v) is 5.20. The first kappa shape index (κ1) is 22.7. The van der Waals surface area contributed by atoms with Gasteiger partial charge in [0, 0.05) is 25.4 Å². The smallest absolute Gasteiger partial charge is 0.332 e. The molecule has 0 aliphatic carbocycles. The molecule has 0 fully saturated rings. The predicted molar refractivity (Wildman–Crippen MR) is 120 cm³/mol. The topological polar surface area (TPSA) is 99.2 Å². The highest BCUT2D eigenvalue weighted by atomic mass is 16.5. The van der Waals surface area contributed by atoms with E-state index in [0.717, 1.165) is 12.0 Å². The number of rotatable bonds is 8. The summed E-state index contributed by atoms with van der Waals surface area (Å²) in [4.78, 5) is 34.7. The fourth-order valence-electron chi connectivity index (χ4n) is 3.66. The van der Waals surface area contributed by atoms with E-state index in [2.05, 4.69) is 9.97 Å². The van der Waals surface area contributed by atoms with E-state index < -0.39 is 17.4 Å². The number of ether oxygens (including phenoxy) is 1. The fraction of sp³-hybridized carbons (Fsp3) is 0.478. The normalized spacial score (nSPS) is 12.5. The van der Waals surface area contributed by atoms with Gasteiger partial charge in [-0.3, -0.25) is 18.9 Å². The Hall–Kier alpha value is -3.00. The fourth-order valence-corrected chi connectivity index (χ4v) is 3.66. The van der Waals surface area contributed by atoms with E-state index >= 15 is 0 Å². The maximum atomic E-state index is 13.4. The predicted octanol–water partition coefficient (Wildman–Crippen LogP) is 3.47. The van der Waals surface area contributed by atoms with Gasteiger partial charge in [-0.2, -0.15) is 0 Å². The molecule has 3 aromatic rings. The van der Waals surface area contributed by atoms with Crippen LogP contribution in [0.5, 0.6) is 11.5 Å². The highest BCUT2D eigenvalue weighted by Crippen LogP contribution is 2.35. The van der Waals surface area contributed by atoms with Crippen LogP contribution in [0, 0.1) is 12.8 Å². The molecular weight excluding hydrogens is 396 g/mol. The van der Waals surface area contributed by atoms with Gasteiger partial charge < -0.3 is 9.84 Å². The summed E-state index contributed by atoms with van der Waals surface area (Å²) < 4.78 is 8.60. The molecule has 3 heterocycles. The lowest BCUT2D eigenvalue weighted by molar-refractivity contribution is 0.149. The summed E-state index contributed by atoms with van der Waals surface area (Å²) in [5.41, 5.74) is 0.630. The Morgan fingerprint density at radius 3 is 2.58 bits per heavy atom. The number of nitrogens with zero attached hydrogens (tertiary/aromatic N) is 4. The van der Waals surface area contributed by atoms with E-state index in [1.54, 1.807) is 19.4 Å². The number of pyridine rings is 2. The molecule has 0 aliphatic rings. The van der Waals surface area contributed by atoms with E-state index in [4.69, 9.17) is 4.74 Å². The van der Waals surface area contributed by atoms with Crippen LogP contribution in [0.15, 0.2) is 34.2 Å². The summed E-state index contributed by atoms with van der Waals surface area (Å²) in [5.74, 6) is 0.947. The quantitative estimate of drug-likeness (QED) is 0.592. The van der Waals surface area contributed by atoms with Crippen molar-refractivity contribution in [3.63, 3.8) is 0 Å². The monoisotopic (exact) mass is 426 g/mol. The lowest BCUT2D eigenvalue weighted by Crippen LogP contribution is -2.40. The minimum Gasteiger partial charge on any atom is -0.454 e. The van der Waals surface area contributed by atoms with Gasteiger partial charge in [0.2, 0.25) is 0 Å². The maximum absolute atomic E-state index is 13.4. The number of fused-ring (bicyclic) bond motifs is 1. The van der Waals surface area contributed by atoms with Crippen LogP contribution < -0.4 is 16.0 Å². The van der Waals surface area contributed by atoms with Crippen molar-refractivity contribution in [1.29, 1.82) is 0 Å². The van der Waals surface area contributed by atoms with Crippen molar-refractivity contribution in [2.45, 2.75) is 59.6 Å². The van der Waals surface area contributed by atoms with Crippen LogP contribution in [0.3, 0.4) is 0 Å². The van der Waals surface area contributed by atoms with Gasteiger partial charge >= 0.3 is 5.69 Å². The molecule has 1 N–H and O–H groups in total. The standard InChI is InChI=1S/C23H30N4O4/c1-6-7-8-27-22(29)20-19(17(28)9-14(2)3)18(13-25-21(20)26(5)23(27)30)31-16-10-15(4)11-24-12-16/h10-14,17,28H,6-9H2,1-5H3. The van der Waals surface area contributed by atoms with Gasteiger partial charge in [0.1, 0.15) is 11.4 Å². The minimum atomic E-state index is -0.955. The summed E-state index contributed by atoms with van der Waals surface area (Å²) in [5, 5.41) is 11.3. The number of hydrogen-bond acceptors (Lipinski definition) is 6. The van der Waals surface area contributed by atoms with Crippen molar-refractivity contribution in [1.82, 2.24) is 19.1 Å². The second kappa shape index (κ2) is 9.43. The van der Waals surface area contributed by atoms with E-state index in [1.807, 2.05) is 33.8 Å². The number of aliphatic hydroxyl groups is 1. The van der Waals surface area contributed by atoms with Crippen molar-refractivity contribution in [3.8, 4) is 11.5 Å². The number of unbranched alkanes of at least 4 members (excludes halogenated alkanes) is 1. The Kier molecular flexibility index (Phi) is 6.90. The van der Waals surface area contributed by atoms with E-state index in [0.29, 0.717) is 30.7 Å². The first-order valence-electron chi connectivity index (χ1n) is 10.6. The molecular formula is C23H30N4O4. The third-order valence-electron chi connectivity index (χ3n) is 5.20. The van der Waals surface area contributed by atoms with Crippen molar-refractivity contribution in [2.75, 3.05) is 0 Å². The molecule has 166 valence electrons. The molecule has 3 rings (SSSR count). The highest BCUT2D eigenvalue weighted by molar-refractivity contribution is 5.81. The molecule has 8 nitrogen and oxygen atoms in total. The summed E-state index contributed by atoms with van der Waals surface area (Å²) in [6.07, 6.45) is 5.75. The number of aromatic nitrogens is 4. The maximum Gasteiger partial charge on any atom is 0.332 e. The van der Waals surface area contributed by atoms with Crippen LogP contribution >= 0.6 is 0 Å². The lowest BCUT2D eigenvalue weighted by Gasteiger charge is -2.20. The van der Waals surface area contributed by atoms with Crippen molar-refractivity contribution >= 4 is 11.0 Å². The summed E-state index contributed by atoms with van der Waals surface area (Å²) in [7, 11) is 1.59. The molecule has 0 aliphatic heterocycles. The zero-order valence-electron chi connectivity index (χ0n) is 18.8. The average Bonchev–Trinajstić information content (AvgIpc) is 2.71. The van der Waals surface area contributed by atoms with Crippen LogP contribution in [-0.4, -0.2) is 24.2 Å². The summed E-state index contributed by atoms with van der Waals surface area (Å²) >= 11 is 0. The second-order valence-electron chi connectivity index (χ2n) is 8.33.